The van der Waals surface area contributed by atoms with Gasteiger partial charge >= 0.3 is 0 Å². The lowest BCUT2D eigenvalue weighted by molar-refractivity contribution is -0.128. The molecule has 4 nitrogen and oxygen atoms in total. The van der Waals surface area contributed by atoms with E-state index in [9.17, 15) is 14.0 Å². The molecule has 1 atom stereocenters. The molecule has 1 fully saturated rings. The van der Waals surface area contributed by atoms with Crippen LogP contribution in [-0.4, -0.2) is 29.3 Å². The molecule has 0 spiro atoms. The summed E-state index contributed by atoms with van der Waals surface area (Å²) in [5, 5.41) is 6.97. The van der Waals surface area contributed by atoms with Gasteiger partial charge < -0.3 is 10.2 Å². The number of halogens is 1. The molecule has 126 valence electrons. The summed E-state index contributed by atoms with van der Waals surface area (Å²) in [4.78, 5) is 25.8. The van der Waals surface area contributed by atoms with Crippen LogP contribution in [0.5, 0.6) is 0 Å². The SMILES string of the molecule is O=C(CCc1ccsc1)N[C@H]1CC(=O)N(Cc2ccc(F)cc2)C1. The molecule has 3 rings (SSSR count). The van der Waals surface area contributed by atoms with Gasteiger partial charge in [0.1, 0.15) is 5.82 Å². The number of rotatable bonds is 6. The molecule has 6 heteroatoms. The largest absolute Gasteiger partial charge is 0.351 e. The predicted molar refractivity (Wildman–Crippen MR) is 91.0 cm³/mol. The van der Waals surface area contributed by atoms with E-state index in [4.69, 9.17) is 0 Å². The maximum absolute atomic E-state index is 12.9. The van der Waals surface area contributed by atoms with Crippen molar-refractivity contribution in [2.75, 3.05) is 6.54 Å². The molecule has 24 heavy (non-hydrogen) atoms. The predicted octanol–water partition coefficient (Wildman–Crippen LogP) is 2.74. The van der Waals surface area contributed by atoms with E-state index in [0.29, 0.717) is 25.9 Å². The van der Waals surface area contributed by atoms with Gasteiger partial charge in [0.2, 0.25) is 11.8 Å². The molecule has 1 aromatic carbocycles. The second-order valence-electron chi connectivity index (χ2n) is 6.00. The van der Waals surface area contributed by atoms with E-state index in [-0.39, 0.29) is 23.7 Å². The maximum Gasteiger partial charge on any atom is 0.225 e. The Morgan fingerprint density at radius 3 is 2.75 bits per heavy atom. The fraction of sp³-hybridized carbons (Fsp3) is 0.333. The second-order valence-corrected chi connectivity index (χ2v) is 6.78. The number of nitrogens with zero attached hydrogens (tertiary/aromatic N) is 1. The van der Waals surface area contributed by atoms with Crippen molar-refractivity contribution in [3.05, 3.63) is 58.0 Å². The van der Waals surface area contributed by atoms with Gasteiger partial charge in [-0.2, -0.15) is 11.3 Å². The molecule has 1 saturated heterocycles. The monoisotopic (exact) mass is 346 g/mol. The van der Waals surface area contributed by atoms with Crippen LogP contribution in [0.15, 0.2) is 41.1 Å². The zero-order chi connectivity index (χ0) is 16.9. The number of benzene rings is 1. The van der Waals surface area contributed by atoms with E-state index in [1.165, 1.54) is 12.1 Å². The van der Waals surface area contributed by atoms with Gasteiger partial charge in [0, 0.05) is 25.9 Å². The highest BCUT2D eigenvalue weighted by molar-refractivity contribution is 7.07. The fourth-order valence-electron chi connectivity index (χ4n) is 2.82. The maximum atomic E-state index is 12.9. The molecule has 1 aliphatic rings. The number of nitrogens with one attached hydrogen (secondary N) is 1. The van der Waals surface area contributed by atoms with Crippen molar-refractivity contribution in [3.63, 3.8) is 0 Å². The summed E-state index contributed by atoms with van der Waals surface area (Å²) in [6.45, 7) is 0.945. The van der Waals surface area contributed by atoms with Gasteiger partial charge in [-0.15, -0.1) is 0 Å². The summed E-state index contributed by atoms with van der Waals surface area (Å²) in [7, 11) is 0. The molecular formula is C18H19FN2O2S. The number of carbonyl (C=O) groups excluding carboxylic acids is 2. The van der Waals surface area contributed by atoms with Crippen molar-refractivity contribution in [2.24, 2.45) is 0 Å². The molecule has 0 saturated carbocycles. The van der Waals surface area contributed by atoms with Gasteiger partial charge in [0.15, 0.2) is 0 Å². The standard InChI is InChI=1S/C18H19FN2O2S/c19-15-4-1-13(2-5-15)10-21-11-16(9-18(21)23)20-17(22)6-3-14-7-8-24-12-14/h1-2,4-5,7-8,12,16H,3,6,9-11H2,(H,20,22)/t16-/m0/s1. The van der Waals surface area contributed by atoms with Gasteiger partial charge in [-0.25, -0.2) is 4.39 Å². The zero-order valence-electron chi connectivity index (χ0n) is 13.2. The molecule has 0 bridgehead atoms. The Bertz CT molecular complexity index is 700. The van der Waals surface area contributed by atoms with E-state index in [0.717, 1.165) is 17.5 Å². The van der Waals surface area contributed by atoms with Crippen LogP contribution in [0.3, 0.4) is 0 Å². The van der Waals surface area contributed by atoms with Gasteiger partial charge in [-0.3, -0.25) is 9.59 Å². The summed E-state index contributed by atoms with van der Waals surface area (Å²) in [6, 6.07) is 8.00. The third-order valence-corrected chi connectivity index (χ3v) is 4.82. The minimum atomic E-state index is -0.290. The van der Waals surface area contributed by atoms with Crippen molar-refractivity contribution in [1.82, 2.24) is 10.2 Å². The van der Waals surface area contributed by atoms with Crippen LogP contribution in [0, 0.1) is 5.82 Å². The quantitative estimate of drug-likeness (QED) is 0.874. The lowest BCUT2D eigenvalue weighted by atomic mass is 10.1. The molecule has 2 heterocycles. The van der Waals surface area contributed by atoms with Crippen molar-refractivity contribution in [1.29, 1.82) is 0 Å². The summed E-state index contributed by atoms with van der Waals surface area (Å²) < 4.78 is 12.9. The Hall–Kier alpha value is -2.21. The lowest BCUT2D eigenvalue weighted by Crippen LogP contribution is -2.37. The van der Waals surface area contributed by atoms with Crippen LogP contribution in [0.1, 0.15) is 24.0 Å². The first-order valence-corrected chi connectivity index (χ1v) is 8.87. The Morgan fingerprint density at radius 2 is 2.04 bits per heavy atom. The summed E-state index contributed by atoms with van der Waals surface area (Å²) in [5.74, 6) is -0.299. The highest BCUT2D eigenvalue weighted by Gasteiger charge is 2.30. The van der Waals surface area contributed by atoms with E-state index in [1.807, 2.05) is 16.8 Å². The number of thiophene rings is 1. The zero-order valence-corrected chi connectivity index (χ0v) is 14.0. The van der Waals surface area contributed by atoms with Crippen LogP contribution in [0.2, 0.25) is 0 Å². The minimum Gasteiger partial charge on any atom is -0.351 e. The van der Waals surface area contributed by atoms with E-state index in [1.54, 1.807) is 28.4 Å². The molecular weight excluding hydrogens is 327 g/mol. The van der Waals surface area contributed by atoms with E-state index in [2.05, 4.69) is 5.32 Å². The summed E-state index contributed by atoms with van der Waals surface area (Å²) >= 11 is 1.62. The minimum absolute atomic E-state index is 0.0162. The van der Waals surface area contributed by atoms with Crippen molar-refractivity contribution >= 4 is 23.2 Å². The Labute approximate surface area is 144 Å². The van der Waals surface area contributed by atoms with E-state index < -0.39 is 0 Å². The number of amides is 2. The number of carbonyl (C=O) groups is 2. The lowest BCUT2D eigenvalue weighted by Gasteiger charge is -2.17. The van der Waals surface area contributed by atoms with Gasteiger partial charge in [0.05, 0.1) is 6.04 Å². The van der Waals surface area contributed by atoms with Crippen LogP contribution < -0.4 is 5.32 Å². The smallest absolute Gasteiger partial charge is 0.225 e. The van der Waals surface area contributed by atoms with Gasteiger partial charge in [0.25, 0.3) is 0 Å². The molecule has 0 aliphatic carbocycles. The molecule has 0 unspecified atom stereocenters. The average molecular weight is 346 g/mol. The number of aryl methyl sites for hydroxylation is 1. The van der Waals surface area contributed by atoms with Crippen molar-refractivity contribution in [2.45, 2.75) is 31.8 Å². The first-order valence-electron chi connectivity index (χ1n) is 7.93. The first kappa shape index (κ1) is 16.6. The molecule has 1 aliphatic heterocycles. The molecule has 0 radical (unpaired) electrons. The topological polar surface area (TPSA) is 49.4 Å². The van der Waals surface area contributed by atoms with Crippen LogP contribution in [-0.2, 0) is 22.6 Å². The Morgan fingerprint density at radius 1 is 1.25 bits per heavy atom. The fourth-order valence-corrected chi connectivity index (χ4v) is 3.53. The molecule has 2 amide bonds. The molecule has 2 aromatic rings. The first-order chi connectivity index (χ1) is 11.6. The summed E-state index contributed by atoms with van der Waals surface area (Å²) in [5.41, 5.74) is 2.05. The van der Waals surface area contributed by atoms with Gasteiger partial charge in [-0.05, 0) is 46.5 Å². The summed E-state index contributed by atoms with van der Waals surface area (Å²) in [6.07, 6.45) is 1.47. The number of hydrogen-bond acceptors (Lipinski definition) is 3. The molecule has 1 N–H and O–H groups in total. The third kappa shape index (κ3) is 4.41. The van der Waals surface area contributed by atoms with Crippen LogP contribution in [0.4, 0.5) is 4.39 Å². The van der Waals surface area contributed by atoms with Gasteiger partial charge in [-0.1, -0.05) is 12.1 Å². The van der Waals surface area contributed by atoms with Crippen molar-refractivity contribution < 1.29 is 14.0 Å². The third-order valence-electron chi connectivity index (χ3n) is 4.09. The highest BCUT2D eigenvalue weighted by atomic mass is 32.1. The molecule has 1 aromatic heterocycles. The highest BCUT2D eigenvalue weighted by Crippen LogP contribution is 2.16. The average Bonchev–Trinajstić information content (AvgIpc) is 3.18. The van der Waals surface area contributed by atoms with Crippen molar-refractivity contribution in [3.8, 4) is 0 Å². The number of hydrogen-bond donors (Lipinski definition) is 1. The normalized spacial score (nSPS) is 17.3. The Kier molecular flexibility index (Phi) is 5.25. The van der Waals surface area contributed by atoms with Crippen LogP contribution in [0.25, 0.3) is 0 Å². The number of likely N-dealkylation sites (tertiary alicyclic amines) is 1. The van der Waals surface area contributed by atoms with E-state index >= 15 is 0 Å². The van der Waals surface area contributed by atoms with Crippen LogP contribution >= 0.6 is 11.3 Å². The Balaban J connectivity index is 1.47. The second kappa shape index (κ2) is 7.57.